The molecule has 18 heavy (non-hydrogen) atoms. The largest absolute Gasteiger partial charge is 0.417 e. The van der Waals surface area contributed by atoms with Gasteiger partial charge in [-0.15, -0.1) is 0 Å². The Labute approximate surface area is 111 Å². The summed E-state index contributed by atoms with van der Waals surface area (Å²) < 4.78 is 37.8. The molecule has 1 atom stereocenters. The van der Waals surface area contributed by atoms with Gasteiger partial charge in [0.05, 0.1) is 5.56 Å². The quantitative estimate of drug-likeness (QED) is 0.897. The predicted octanol–water partition coefficient (Wildman–Crippen LogP) is 2.54. The van der Waals surface area contributed by atoms with Crippen molar-refractivity contribution in [2.45, 2.75) is 19.1 Å². The van der Waals surface area contributed by atoms with Crippen LogP contribution in [0.15, 0.2) is 22.7 Å². The second kappa shape index (κ2) is 5.71. The van der Waals surface area contributed by atoms with Crippen molar-refractivity contribution in [2.24, 2.45) is 5.73 Å². The summed E-state index contributed by atoms with van der Waals surface area (Å²) in [7, 11) is 0. The number of halogens is 4. The molecule has 1 aromatic rings. The van der Waals surface area contributed by atoms with Gasteiger partial charge < -0.3 is 11.1 Å². The minimum absolute atomic E-state index is 0.0502. The van der Waals surface area contributed by atoms with E-state index in [1.165, 1.54) is 12.1 Å². The van der Waals surface area contributed by atoms with Gasteiger partial charge in [0.15, 0.2) is 0 Å². The average molecular weight is 325 g/mol. The lowest BCUT2D eigenvalue weighted by atomic mass is 10.1. The molecule has 1 rings (SSSR count). The molecule has 0 radical (unpaired) electrons. The van der Waals surface area contributed by atoms with Gasteiger partial charge in [-0.3, -0.25) is 4.79 Å². The lowest BCUT2D eigenvalue weighted by Crippen LogP contribution is -2.37. The predicted molar refractivity (Wildman–Crippen MR) is 65.1 cm³/mol. The summed E-state index contributed by atoms with van der Waals surface area (Å²) in [5.74, 6) is -0.578. The van der Waals surface area contributed by atoms with Crippen molar-refractivity contribution in [3.05, 3.63) is 33.8 Å². The van der Waals surface area contributed by atoms with Crippen molar-refractivity contribution in [2.75, 3.05) is 6.54 Å². The third-order valence-corrected chi connectivity index (χ3v) is 2.96. The first-order chi connectivity index (χ1) is 8.25. The van der Waals surface area contributed by atoms with E-state index in [1.54, 1.807) is 6.92 Å². The molecule has 0 fully saturated rings. The fourth-order valence-corrected chi connectivity index (χ4v) is 1.72. The fraction of sp³-hybridized carbons (Fsp3) is 0.364. The van der Waals surface area contributed by atoms with Gasteiger partial charge in [0, 0.05) is 22.6 Å². The number of carbonyl (C=O) groups excluding carboxylic acids is 1. The third-order valence-electron chi connectivity index (χ3n) is 2.26. The molecular formula is C11H12BrF3N2O. The van der Waals surface area contributed by atoms with E-state index < -0.39 is 17.6 Å². The van der Waals surface area contributed by atoms with Gasteiger partial charge in [0.2, 0.25) is 0 Å². The minimum atomic E-state index is -4.51. The zero-order chi connectivity index (χ0) is 13.9. The maximum atomic E-state index is 12.6. The first kappa shape index (κ1) is 15.0. The summed E-state index contributed by atoms with van der Waals surface area (Å²) in [5, 5.41) is 2.50. The van der Waals surface area contributed by atoms with Crippen LogP contribution in [0.3, 0.4) is 0 Å². The van der Waals surface area contributed by atoms with E-state index in [1.807, 2.05) is 0 Å². The molecule has 100 valence electrons. The van der Waals surface area contributed by atoms with Crippen LogP contribution in [-0.2, 0) is 6.18 Å². The van der Waals surface area contributed by atoms with Crippen LogP contribution in [0.4, 0.5) is 13.2 Å². The summed E-state index contributed by atoms with van der Waals surface area (Å²) in [6.45, 7) is 1.88. The Bertz CT molecular complexity index is 448. The monoisotopic (exact) mass is 324 g/mol. The first-order valence-electron chi connectivity index (χ1n) is 5.13. The lowest BCUT2D eigenvalue weighted by molar-refractivity contribution is -0.138. The van der Waals surface area contributed by atoms with Crippen LogP contribution >= 0.6 is 15.9 Å². The topological polar surface area (TPSA) is 55.1 Å². The highest BCUT2D eigenvalue weighted by Gasteiger charge is 2.33. The Kier molecular flexibility index (Phi) is 4.75. The Balaban J connectivity index is 3.02. The van der Waals surface area contributed by atoms with Gasteiger partial charge >= 0.3 is 6.18 Å². The van der Waals surface area contributed by atoms with E-state index in [2.05, 4.69) is 21.2 Å². The number of amides is 1. The van der Waals surface area contributed by atoms with E-state index in [-0.39, 0.29) is 22.6 Å². The maximum Gasteiger partial charge on any atom is 0.417 e. The second-order valence-electron chi connectivity index (χ2n) is 3.80. The van der Waals surface area contributed by atoms with Crippen LogP contribution < -0.4 is 11.1 Å². The van der Waals surface area contributed by atoms with Gasteiger partial charge in [0.25, 0.3) is 5.91 Å². The molecule has 0 spiro atoms. The maximum absolute atomic E-state index is 12.6. The van der Waals surface area contributed by atoms with Crippen LogP contribution in [0.1, 0.15) is 22.8 Å². The molecule has 1 aromatic carbocycles. The van der Waals surface area contributed by atoms with Crippen molar-refractivity contribution in [3.63, 3.8) is 0 Å². The number of alkyl halides is 3. The van der Waals surface area contributed by atoms with Gasteiger partial charge in [-0.05, 0) is 25.1 Å². The minimum Gasteiger partial charge on any atom is -0.348 e. The molecular weight excluding hydrogens is 313 g/mol. The van der Waals surface area contributed by atoms with E-state index in [0.717, 1.165) is 6.07 Å². The molecule has 0 aliphatic heterocycles. The van der Waals surface area contributed by atoms with Crippen LogP contribution in [0.5, 0.6) is 0 Å². The van der Waals surface area contributed by atoms with Crippen LogP contribution in [0.25, 0.3) is 0 Å². The number of benzene rings is 1. The van der Waals surface area contributed by atoms with E-state index in [9.17, 15) is 18.0 Å². The summed E-state index contributed by atoms with van der Waals surface area (Å²) in [5.41, 5.74) is 4.39. The summed E-state index contributed by atoms with van der Waals surface area (Å²) in [4.78, 5) is 11.7. The molecule has 0 aliphatic rings. The normalized spacial score (nSPS) is 13.2. The molecule has 3 N–H and O–H groups in total. The van der Waals surface area contributed by atoms with Gasteiger partial charge in [-0.25, -0.2) is 0 Å². The fourth-order valence-electron chi connectivity index (χ4n) is 1.25. The summed E-state index contributed by atoms with van der Waals surface area (Å²) >= 11 is 2.81. The summed E-state index contributed by atoms with van der Waals surface area (Å²) in [6.07, 6.45) is -4.51. The van der Waals surface area contributed by atoms with Crippen molar-refractivity contribution < 1.29 is 18.0 Å². The van der Waals surface area contributed by atoms with E-state index >= 15 is 0 Å². The first-order valence-corrected chi connectivity index (χ1v) is 5.92. The zero-order valence-corrected chi connectivity index (χ0v) is 11.1. The third kappa shape index (κ3) is 3.71. The Morgan fingerprint density at radius 1 is 1.50 bits per heavy atom. The molecule has 1 unspecified atom stereocenters. The molecule has 0 saturated carbocycles. The molecule has 0 aromatic heterocycles. The standard InChI is InChI=1S/C11H12BrF3N2O/c1-6(5-16)17-10(18)7-2-3-9(12)8(4-7)11(13,14)15/h2-4,6H,5,16H2,1H3,(H,17,18). The van der Waals surface area contributed by atoms with Crippen LogP contribution in [0, 0.1) is 0 Å². The Morgan fingerprint density at radius 2 is 2.11 bits per heavy atom. The van der Waals surface area contributed by atoms with Crippen molar-refractivity contribution in [1.82, 2.24) is 5.32 Å². The molecule has 3 nitrogen and oxygen atoms in total. The van der Waals surface area contributed by atoms with E-state index in [4.69, 9.17) is 5.73 Å². The van der Waals surface area contributed by atoms with Gasteiger partial charge in [-0.1, -0.05) is 15.9 Å². The number of nitrogens with two attached hydrogens (primary N) is 1. The van der Waals surface area contributed by atoms with Gasteiger partial charge in [0.1, 0.15) is 0 Å². The summed E-state index contributed by atoms with van der Waals surface area (Å²) in [6, 6.07) is 3.03. The molecule has 0 bridgehead atoms. The number of nitrogens with one attached hydrogen (secondary N) is 1. The number of rotatable bonds is 3. The molecule has 0 aliphatic carbocycles. The highest BCUT2D eigenvalue weighted by atomic mass is 79.9. The number of carbonyl (C=O) groups is 1. The molecule has 7 heteroatoms. The van der Waals surface area contributed by atoms with Crippen LogP contribution in [-0.4, -0.2) is 18.5 Å². The number of hydrogen-bond donors (Lipinski definition) is 2. The average Bonchev–Trinajstić information content (AvgIpc) is 2.27. The highest BCUT2D eigenvalue weighted by Crippen LogP contribution is 2.35. The molecule has 0 saturated heterocycles. The van der Waals surface area contributed by atoms with E-state index in [0.29, 0.717) is 0 Å². The zero-order valence-electron chi connectivity index (χ0n) is 9.51. The van der Waals surface area contributed by atoms with Crippen molar-refractivity contribution in [3.8, 4) is 0 Å². The molecule has 0 heterocycles. The highest BCUT2D eigenvalue weighted by molar-refractivity contribution is 9.10. The lowest BCUT2D eigenvalue weighted by Gasteiger charge is -2.13. The van der Waals surface area contributed by atoms with Crippen molar-refractivity contribution in [1.29, 1.82) is 0 Å². The Morgan fingerprint density at radius 3 is 2.61 bits per heavy atom. The number of hydrogen-bond acceptors (Lipinski definition) is 2. The second-order valence-corrected chi connectivity index (χ2v) is 4.66. The Hall–Kier alpha value is -1.08. The van der Waals surface area contributed by atoms with Crippen molar-refractivity contribution >= 4 is 21.8 Å². The smallest absolute Gasteiger partial charge is 0.348 e. The van der Waals surface area contributed by atoms with Gasteiger partial charge in [-0.2, -0.15) is 13.2 Å². The van der Waals surface area contributed by atoms with Crippen LogP contribution in [0.2, 0.25) is 0 Å². The molecule has 1 amide bonds. The SMILES string of the molecule is CC(CN)NC(=O)c1ccc(Br)c(C(F)(F)F)c1.